The molecule has 10 unspecified atom stereocenters. The molecule has 52 heavy (non-hydrogen) atoms. The van der Waals surface area contributed by atoms with Gasteiger partial charge in [-0.05, 0) is 64.0 Å². The Balaban J connectivity index is 0.000000280. The van der Waals surface area contributed by atoms with Crippen molar-refractivity contribution in [3.63, 3.8) is 0 Å². The standard InChI is InChI=1S/2C16H27BNO7P/c1-9(8-26)15(22)18-11(3)12(19)5-10(2)17-23-13(20)6-16(4,25-17)7-14(21)24-17;1-5-16-7-13(20)23-17(25-16,24-15(16)22)10(3)6-12(19)11(4)18-14(21)9(2)8-26/h9-11,23H,5-8,26H2,1-4H3,(H,18,22);9-11,23H,5-8,26H2,1-4H3,(H,18,21)/t2*9?,10-,11?,16?,17?/m11/s1. The first-order valence-corrected chi connectivity index (χ1v) is 19.4. The van der Waals surface area contributed by atoms with Crippen LogP contribution >= 0.6 is 18.5 Å². The van der Waals surface area contributed by atoms with Crippen LogP contribution in [0.3, 0.4) is 0 Å². The van der Waals surface area contributed by atoms with E-state index in [0.717, 1.165) is 0 Å². The predicted molar refractivity (Wildman–Crippen MR) is 196 cm³/mol. The highest BCUT2D eigenvalue weighted by Gasteiger charge is 2.66. The van der Waals surface area contributed by atoms with E-state index in [1.165, 1.54) is 0 Å². The monoisotopic (exact) mass is 774 g/mol. The number of hydrogen-bond donors (Lipinski definition) is 2. The first kappa shape index (κ1) is 43.5. The minimum Gasteiger partial charge on any atom is -0.718 e. The molecule has 4 fully saturated rings. The number of hydrogen-bond acceptors (Lipinski definition) is 12. The minimum absolute atomic E-state index is 0.0161. The van der Waals surface area contributed by atoms with Crippen LogP contribution in [0.2, 0.25) is 11.6 Å². The van der Waals surface area contributed by atoms with Gasteiger partial charge in [0.25, 0.3) is 11.9 Å². The van der Waals surface area contributed by atoms with Crippen molar-refractivity contribution in [1.82, 2.24) is 10.6 Å². The molecule has 0 aromatic rings. The highest BCUT2D eigenvalue weighted by Crippen LogP contribution is 2.45. The van der Waals surface area contributed by atoms with Crippen LogP contribution in [-0.2, 0) is 57.0 Å². The lowest BCUT2D eigenvalue weighted by Crippen LogP contribution is -2.67. The van der Waals surface area contributed by atoms with Crippen molar-refractivity contribution in [3.8, 4) is 0 Å². The van der Waals surface area contributed by atoms with Crippen LogP contribution in [0.4, 0.5) is 0 Å². The molecule has 0 saturated carbocycles. The first-order chi connectivity index (χ1) is 24.1. The molecular formula is C32H54B2N2O14P2. The number of carbonyl (C=O) groups is 8. The smallest absolute Gasteiger partial charge is 0.576 e. The van der Waals surface area contributed by atoms with Crippen LogP contribution in [0.1, 0.15) is 93.9 Å². The van der Waals surface area contributed by atoms with Gasteiger partial charge in [0.1, 0.15) is 18.4 Å². The van der Waals surface area contributed by atoms with Crippen LogP contribution in [0.5, 0.6) is 0 Å². The van der Waals surface area contributed by atoms with Gasteiger partial charge in [-0.25, -0.2) is 0 Å². The van der Waals surface area contributed by atoms with E-state index in [-0.39, 0.29) is 73.3 Å². The fourth-order valence-electron chi connectivity index (χ4n) is 6.49. The second kappa shape index (κ2) is 17.0. The van der Waals surface area contributed by atoms with E-state index in [0.29, 0.717) is 18.7 Å². The molecular weight excluding hydrogens is 720 g/mol. The molecule has 0 aromatic carbocycles. The van der Waals surface area contributed by atoms with Gasteiger partial charge in [-0.2, -0.15) is 0 Å². The lowest BCUT2D eigenvalue weighted by Gasteiger charge is -2.54. The lowest BCUT2D eigenvalue weighted by atomic mass is 9.58. The zero-order valence-electron chi connectivity index (χ0n) is 31.2. The van der Waals surface area contributed by atoms with Gasteiger partial charge in [0.05, 0.1) is 24.1 Å². The van der Waals surface area contributed by atoms with Gasteiger partial charge >= 0.3 is 25.4 Å². The fraction of sp³-hybridized carbons (Fsp3) is 0.750. The summed E-state index contributed by atoms with van der Waals surface area (Å²) in [5.74, 6) is -4.43. The average molecular weight is 774 g/mol. The Labute approximate surface area is 308 Å². The molecule has 2 amide bonds. The molecule has 4 heterocycles. The molecule has 4 N–H and O–H groups in total. The number of aliphatic carboxylic acids is 2. The zero-order chi connectivity index (χ0) is 39.4. The maximum Gasteiger partial charge on any atom is 0.576 e. The van der Waals surface area contributed by atoms with Gasteiger partial charge in [0, 0.05) is 21.4 Å². The number of nitrogens with one attached hydrogen (secondary N) is 2. The van der Waals surface area contributed by atoms with Crippen molar-refractivity contribution in [2.75, 3.05) is 12.3 Å². The van der Waals surface area contributed by atoms with E-state index < -0.39 is 66.3 Å². The van der Waals surface area contributed by atoms with E-state index in [1.807, 2.05) is 0 Å². The second-order valence-electron chi connectivity index (χ2n) is 15.0. The second-order valence-corrected chi connectivity index (χ2v) is 15.9. The van der Waals surface area contributed by atoms with Crippen LogP contribution in [0.25, 0.3) is 0 Å². The van der Waals surface area contributed by atoms with Gasteiger partial charge in [0.2, 0.25) is 11.8 Å². The maximum absolute atomic E-state index is 12.5. The quantitative estimate of drug-likeness (QED) is 0.135. The first-order valence-electron chi connectivity index (χ1n) is 17.8. The summed E-state index contributed by atoms with van der Waals surface area (Å²) in [5, 5.41) is 5.35. The Morgan fingerprint density at radius 2 is 1.17 bits per heavy atom. The molecule has 4 rings (SSSR count). The summed E-state index contributed by atoms with van der Waals surface area (Å²) in [6.07, 6.45) is 1.31. The molecule has 0 aromatic heterocycles. The van der Waals surface area contributed by atoms with E-state index in [4.69, 9.17) is 18.6 Å². The average Bonchev–Trinajstić information content (AvgIpc) is 3.27. The van der Waals surface area contributed by atoms with E-state index in [1.54, 1.807) is 55.4 Å². The predicted octanol–water partition coefficient (Wildman–Crippen LogP) is 0.942. The summed E-state index contributed by atoms with van der Waals surface area (Å²) in [6, 6.07) is -1.38. The van der Waals surface area contributed by atoms with E-state index >= 15 is 0 Å². The molecule has 16 nitrogen and oxygen atoms in total. The molecule has 4 aliphatic rings. The number of amides is 2. The van der Waals surface area contributed by atoms with Crippen LogP contribution < -0.4 is 10.6 Å². The summed E-state index contributed by atoms with van der Waals surface area (Å²) in [4.78, 5) is 97.1. The van der Waals surface area contributed by atoms with Gasteiger partial charge < -0.3 is 38.6 Å². The summed E-state index contributed by atoms with van der Waals surface area (Å²) < 4.78 is 30.4. The van der Waals surface area contributed by atoms with Crippen molar-refractivity contribution >= 4 is 79.2 Å². The van der Waals surface area contributed by atoms with Gasteiger partial charge in [0.15, 0.2) is 11.6 Å². The number of Topliss-reactive ketones (excluding diaryl/α,β-unsaturated/α-hetero) is 2. The number of rotatable bonds is 15. The molecule has 0 radical (unpaired) electrons. The molecule has 4 saturated heterocycles. The third-order valence-corrected chi connectivity index (χ3v) is 11.7. The normalized spacial score (nSPS) is 31.0. The number of ketones is 2. The summed E-state index contributed by atoms with van der Waals surface area (Å²) in [6.45, 7) is 8.41. The Kier molecular flexibility index (Phi) is 14.2. The topological polar surface area (TPSA) is 223 Å². The number of carboxylic acids is 2. The minimum atomic E-state index is -2.56. The molecule has 0 spiro atoms. The molecule has 4 bridgehead atoms. The van der Waals surface area contributed by atoms with Gasteiger partial charge in [-0.3, -0.25) is 28.8 Å². The molecule has 20 heteroatoms. The van der Waals surface area contributed by atoms with Crippen molar-refractivity contribution in [2.45, 2.75) is 129 Å². The van der Waals surface area contributed by atoms with Crippen molar-refractivity contribution in [3.05, 3.63) is 0 Å². The Hall–Kier alpha value is -2.93. The zero-order valence-corrected chi connectivity index (χ0v) is 33.5. The number of fused-ring (bicyclic) bond motifs is 4. The van der Waals surface area contributed by atoms with Crippen molar-refractivity contribution < 1.29 is 66.3 Å². The fourth-order valence-corrected chi connectivity index (χ4v) is 6.92. The lowest BCUT2D eigenvalue weighted by molar-refractivity contribution is -0.196. The molecule has 12 atom stereocenters. The summed E-state index contributed by atoms with van der Waals surface area (Å²) in [5.41, 5.74) is -2.23. The highest BCUT2D eigenvalue weighted by atomic mass is 31.0. The van der Waals surface area contributed by atoms with Gasteiger partial charge in [-0.1, -0.05) is 34.6 Å². The van der Waals surface area contributed by atoms with Crippen molar-refractivity contribution in [2.24, 2.45) is 11.8 Å². The molecule has 292 valence electrons. The molecule has 4 aliphatic heterocycles. The largest absolute Gasteiger partial charge is 0.718 e. The molecule has 0 aliphatic carbocycles. The van der Waals surface area contributed by atoms with Crippen LogP contribution in [0.15, 0.2) is 0 Å². The van der Waals surface area contributed by atoms with E-state index in [9.17, 15) is 38.4 Å². The van der Waals surface area contributed by atoms with E-state index in [2.05, 4.69) is 38.4 Å². The third kappa shape index (κ3) is 9.78. The van der Waals surface area contributed by atoms with Crippen LogP contribution in [0, 0.1) is 11.8 Å². The van der Waals surface area contributed by atoms with Crippen LogP contribution in [-0.4, -0.2) is 106 Å². The Morgan fingerprint density at radius 1 is 0.731 bits per heavy atom. The summed E-state index contributed by atoms with van der Waals surface area (Å²) in [7, 11) is 4.98. The van der Waals surface area contributed by atoms with Gasteiger partial charge in [-0.15, -0.1) is 18.5 Å². The van der Waals surface area contributed by atoms with Crippen molar-refractivity contribution in [1.29, 1.82) is 0 Å². The maximum atomic E-state index is 12.5. The Bertz CT molecular complexity index is 1450. The number of carbonyl (C=O) groups excluding carboxylic acids is 6. The Morgan fingerprint density at radius 3 is 1.62 bits per heavy atom. The SMILES string of the molecule is CC(CP)C(=O)NC(C)C(=O)C[C@@H](C)[B-]12OC(=O)CC(C)(CC(=O)[OH+]1)O2.CCC12CC(=O)[OH+][B-]([C@H](C)CC(=O)C(C)NC(=O)C(C)CP)(OC1=O)O2. The highest BCUT2D eigenvalue weighted by molar-refractivity contribution is 7.16. The summed E-state index contributed by atoms with van der Waals surface area (Å²) >= 11 is 0. The third-order valence-electron chi connectivity index (χ3n) is 10.3.